The molecule has 3 heteroatoms. The smallest absolute Gasteiger partial charge is 0.123 e. The zero-order valence-corrected chi connectivity index (χ0v) is 12.6. The molecule has 20 heavy (non-hydrogen) atoms. The molecule has 1 fully saturated rings. The Balaban J connectivity index is 1.91. The van der Waals surface area contributed by atoms with Crippen LogP contribution in [0.3, 0.4) is 0 Å². The summed E-state index contributed by atoms with van der Waals surface area (Å²) in [5, 5.41) is 13.2. The van der Waals surface area contributed by atoms with Gasteiger partial charge >= 0.3 is 0 Å². The highest BCUT2D eigenvalue weighted by Gasteiger charge is 2.33. The van der Waals surface area contributed by atoms with Crippen LogP contribution in [0.4, 0.5) is 4.39 Å². The summed E-state index contributed by atoms with van der Waals surface area (Å²) in [7, 11) is 0. The Morgan fingerprint density at radius 1 is 1.30 bits per heavy atom. The molecule has 0 spiro atoms. The van der Waals surface area contributed by atoms with E-state index in [2.05, 4.69) is 19.2 Å². The van der Waals surface area contributed by atoms with Gasteiger partial charge in [-0.15, -0.1) is 0 Å². The molecule has 0 radical (unpaired) electrons. The summed E-state index contributed by atoms with van der Waals surface area (Å²) in [4.78, 5) is 0. The Kier molecular flexibility index (Phi) is 5.03. The van der Waals surface area contributed by atoms with Crippen LogP contribution < -0.4 is 5.32 Å². The minimum absolute atomic E-state index is 0.170. The summed E-state index contributed by atoms with van der Waals surface area (Å²) >= 11 is 0. The highest BCUT2D eigenvalue weighted by Crippen LogP contribution is 2.42. The monoisotopic (exact) mass is 279 g/mol. The van der Waals surface area contributed by atoms with Crippen molar-refractivity contribution in [2.45, 2.75) is 52.5 Å². The Morgan fingerprint density at radius 3 is 2.65 bits per heavy atom. The van der Waals surface area contributed by atoms with E-state index < -0.39 is 0 Å². The summed E-state index contributed by atoms with van der Waals surface area (Å²) in [6.07, 6.45) is 6.45. The molecule has 1 aliphatic carbocycles. The third-order valence-corrected chi connectivity index (χ3v) is 4.36. The summed E-state index contributed by atoms with van der Waals surface area (Å²) < 4.78 is 13.2. The molecular formula is C17H26FNO. The van der Waals surface area contributed by atoms with Crippen molar-refractivity contribution in [3.05, 3.63) is 29.6 Å². The quantitative estimate of drug-likeness (QED) is 0.817. The molecule has 0 saturated heterocycles. The van der Waals surface area contributed by atoms with Crippen molar-refractivity contribution in [2.24, 2.45) is 11.3 Å². The van der Waals surface area contributed by atoms with Gasteiger partial charge in [0.15, 0.2) is 0 Å². The Hall–Kier alpha value is -1.09. The van der Waals surface area contributed by atoms with Gasteiger partial charge in [-0.25, -0.2) is 4.39 Å². The molecule has 2 rings (SSSR count). The number of nitrogens with one attached hydrogen (secondary N) is 1. The molecule has 112 valence electrons. The van der Waals surface area contributed by atoms with E-state index in [1.807, 2.05) is 0 Å². The number of hydrogen-bond acceptors (Lipinski definition) is 2. The average Bonchev–Trinajstić information content (AvgIpc) is 2.81. The largest absolute Gasteiger partial charge is 0.508 e. The van der Waals surface area contributed by atoms with Crippen LogP contribution in [0.2, 0.25) is 0 Å². The first-order chi connectivity index (χ1) is 9.51. The van der Waals surface area contributed by atoms with E-state index >= 15 is 0 Å². The molecule has 1 aromatic rings. The van der Waals surface area contributed by atoms with Crippen LogP contribution in [-0.2, 0) is 6.54 Å². The van der Waals surface area contributed by atoms with Gasteiger partial charge in [-0.3, -0.25) is 0 Å². The minimum atomic E-state index is -0.294. The first-order valence-corrected chi connectivity index (χ1v) is 7.69. The van der Waals surface area contributed by atoms with Crippen LogP contribution in [-0.4, -0.2) is 11.7 Å². The number of hydrogen-bond donors (Lipinski definition) is 2. The molecule has 1 aromatic carbocycles. The van der Waals surface area contributed by atoms with Gasteiger partial charge in [0.05, 0.1) is 0 Å². The highest BCUT2D eigenvalue weighted by molar-refractivity contribution is 5.32. The van der Waals surface area contributed by atoms with Crippen molar-refractivity contribution in [3.63, 3.8) is 0 Å². The molecule has 0 bridgehead atoms. The lowest BCUT2D eigenvalue weighted by Gasteiger charge is -2.31. The van der Waals surface area contributed by atoms with Crippen LogP contribution in [0.25, 0.3) is 0 Å². The molecular weight excluding hydrogens is 253 g/mol. The van der Waals surface area contributed by atoms with Gasteiger partial charge in [0, 0.05) is 18.7 Å². The lowest BCUT2D eigenvalue weighted by Crippen LogP contribution is -2.33. The summed E-state index contributed by atoms with van der Waals surface area (Å²) in [5.74, 6) is 0.582. The van der Waals surface area contributed by atoms with Gasteiger partial charge < -0.3 is 10.4 Å². The Bertz CT molecular complexity index is 439. The number of phenols is 1. The van der Waals surface area contributed by atoms with Gasteiger partial charge in [0.2, 0.25) is 0 Å². The van der Waals surface area contributed by atoms with E-state index in [1.54, 1.807) is 0 Å². The van der Waals surface area contributed by atoms with Crippen molar-refractivity contribution < 1.29 is 9.50 Å². The fraction of sp³-hybridized carbons (Fsp3) is 0.647. The number of halogens is 1. The lowest BCUT2D eigenvalue weighted by atomic mass is 9.78. The van der Waals surface area contributed by atoms with E-state index in [-0.39, 0.29) is 11.6 Å². The predicted molar refractivity (Wildman–Crippen MR) is 80.1 cm³/mol. The standard InChI is InChI=1S/C17H26FNO/c1-13(2)10-17(7-3-4-8-17)12-19-11-14-9-15(18)5-6-16(14)20/h5-6,9,13,19-20H,3-4,7-8,10-12H2,1-2H3. The molecule has 0 unspecified atom stereocenters. The van der Waals surface area contributed by atoms with E-state index in [0.717, 1.165) is 6.54 Å². The molecule has 2 nitrogen and oxygen atoms in total. The first-order valence-electron chi connectivity index (χ1n) is 7.69. The second-order valence-electron chi connectivity index (χ2n) is 6.68. The molecule has 2 N–H and O–H groups in total. The molecule has 0 aromatic heterocycles. The predicted octanol–water partition coefficient (Wildman–Crippen LogP) is 4.23. The van der Waals surface area contributed by atoms with Crippen molar-refractivity contribution >= 4 is 0 Å². The van der Waals surface area contributed by atoms with Crippen molar-refractivity contribution in [3.8, 4) is 5.75 Å². The number of phenolic OH excluding ortho intramolecular Hbond substituents is 1. The van der Waals surface area contributed by atoms with Gasteiger partial charge in [0.1, 0.15) is 11.6 Å². The zero-order valence-electron chi connectivity index (χ0n) is 12.6. The maximum absolute atomic E-state index is 13.2. The van der Waals surface area contributed by atoms with Crippen molar-refractivity contribution in [1.29, 1.82) is 0 Å². The molecule has 1 aliphatic rings. The number of benzene rings is 1. The number of aromatic hydroxyl groups is 1. The summed E-state index contributed by atoms with van der Waals surface area (Å²) in [5.41, 5.74) is 1.04. The topological polar surface area (TPSA) is 32.3 Å². The van der Waals surface area contributed by atoms with Gasteiger partial charge in [-0.05, 0) is 48.8 Å². The maximum Gasteiger partial charge on any atom is 0.123 e. The second-order valence-corrected chi connectivity index (χ2v) is 6.68. The first kappa shape index (κ1) is 15.3. The van der Waals surface area contributed by atoms with Crippen molar-refractivity contribution in [2.75, 3.05) is 6.54 Å². The van der Waals surface area contributed by atoms with Gasteiger partial charge in [-0.2, -0.15) is 0 Å². The Morgan fingerprint density at radius 2 is 2.00 bits per heavy atom. The third kappa shape index (κ3) is 3.95. The average molecular weight is 279 g/mol. The molecule has 0 amide bonds. The van der Waals surface area contributed by atoms with Gasteiger partial charge in [-0.1, -0.05) is 26.7 Å². The third-order valence-electron chi connectivity index (χ3n) is 4.36. The van der Waals surface area contributed by atoms with Crippen molar-refractivity contribution in [1.82, 2.24) is 5.32 Å². The van der Waals surface area contributed by atoms with E-state index in [9.17, 15) is 9.50 Å². The normalized spacial score (nSPS) is 17.8. The lowest BCUT2D eigenvalue weighted by molar-refractivity contribution is 0.223. The van der Waals surface area contributed by atoms with Crippen LogP contribution in [0, 0.1) is 17.2 Å². The number of rotatable bonds is 6. The molecule has 1 saturated carbocycles. The molecule has 0 aliphatic heterocycles. The van der Waals surface area contributed by atoms with Crippen LogP contribution in [0.15, 0.2) is 18.2 Å². The second kappa shape index (κ2) is 6.57. The summed E-state index contributed by atoms with van der Waals surface area (Å²) in [6.45, 7) is 6.04. The minimum Gasteiger partial charge on any atom is -0.508 e. The van der Waals surface area contributed by atoms with Crippen LogP contribution in [0.1, 0.15) is 51.5 Å². The van der Waals surface area contributed by atoms with Crippen LogP contribution >= 0.6 is 0 Å². The van der Waals surface area contributed by atoms with Gasteiger partial charge in [0.25, 0.3) is 0 Å². The zero-order chi connectivity index (χ0) is 14.6. The molecule has 0 heterocycles. The summed E-state index contributed by atoms with van der Waals surface area (Å²) in [6, 6.07) is 4.12. The fourth-order valence-electron chi connectivity index (χ4n) is 3.60. The fourth-order valence-corrected chi connectivity index (χ4v) is 3.60. The van der Waals surface area contributed by atoms with E-state index in [1.165, 1.54) is 50.3 Å². The maximum atomic E-state index is 13.2. The van der Waals surface area contributed by atoms with E-state index in [4.69, 9.17) is 0 Å². The van der Waals surface area contributed by atoms with E-state index in [0.29, 0.717) is 23.4 Å². The highest BCUT2D eigenvalue weighted by atomic mass is 19.1. The molecule has 0 atom stereocenters. The van der Waals surface area contributed by atoms with Crippen LogP contribution in [0.5, 0.6) is 5.75 Å². The SMILES string of the molecule is CC(C)CC1(CNCc2cc(F)ccc2O)CCCC1. The Labute approximate surface area is 121 Å².